The van der Waals surface area contributed by atoms with Gasteiger partial charge >= 0.3 is 0 Å². The van der Waals surface area contributed by atoms with Crippen molar-refractivity contribution in [3.63, 3.8) is 0 Å². The topological polar surface area (TPSA) is 85.0 Å². The Labute approximate surface area is 168 Å². The Bertz CT molecular complexity index is 911. The Morgan fingerprint density at radius 1 is 1.26 bits per heavy atom. The number of ether oxygens (including phenoxy) is 2. The van der Waals surface area contributed by atoms with Crippen molar-refractivity contribution in [2.24, 2.45) is 0 Å². The highest BCUT2D eigenvalue weighted by Gasteiger charge is 2.14. The van der Waals surface area contributed by atoms with E-state index in [0.717, 1.165) is 10.0 Å². The van der Waals surface area contributed by atoms with E-state index >= 15 is 0 Å². The predicted molar refractivity (Wildman–Crippen MR) is 103 cm³/mol. The molecule has 1 heterocycles. The first-order valence-electron chi connectivity index (χ1n) is 8.06. The standard InChI is InChI=1S/C17H16BrClFN5O2/c1-2-26-15-6-10(8-21-17-22-24-25-23-17)5-13(18)16(15)27-9-11-3-4-12(20)7-14(11)19/h3-7H,2,8-9H2,1H3,(H2,21,22,23,24,25). The molecular formula is C17H16BrClFN5O2. The summed E-state index contributed by atoms with van der Waals surface area (Å²) in [4.78, 5) is 0. The molecule has 7 nitrogen and oxygen atoms in total. The van der Waals surface area contributed by atoms with Gasteiger partial charge in [0.15, 0.2) is 11.5 Å². The summed E-state index contributed by atoms with van der Waals surface area (Å²) in [6.45, 7) is 3.01. The van der Waals surface area contributed by atoms with Gasteiger partial charge in [-0.2, -0.15) is 5.21 Å². The molecule has 142 valence electrons. The molecule has 3 rings (SSSR count). The SMILES string of the molecule is CCOc1cc(CNc2nn[nH]n2)cc(Br)c1OCc1ccc(F)cc1Cl. The van der Waals surface area contributed by atoms with Gasteiger partial charge in [-0.1, -0.05) is 22.8 Å². The van der Waals surface area contributed by atoms with Gasteiger partial charge in [0.1, 0.15) is 12.4 Å². The minimum absolute atomic E-state index is 0.179. The molecule has 0 atom stereocenters. The Balaban J connectivity index is 1.76. The lowest BCUT2D eigenvalue weighted by Gasteiger charge is -2.16. The van der Waals surface area contributed by atoms with Crippen LogP contribution in [0.4, 0.5) is 10.3 Å². The van der Waals surface area contributed by atoms with E-state index in [-0.39, 0.29) is 6.61 Å². The first kappa shape index (κ1) is 19.4. The summed E-state index contributed by atoms with van der Waals surface area (Å²) in [7, 11) is 0. The molecule has 3 aromatic rings. The molecule has 2 N–H and O–H groups in total. The number of hydrogen-bond donors (Lipinski definition) is 2. The van der Waals surface area contributed by atoms with Crippen LogP contribution in [0.3, 0.4) is 0 Å². The third kappa shape index (κ3) is 5.08. The quantitative estimate of drug-likeness (QED) is 0.524. The number of nitrogens with zero attached hydrogens (tertiary/aromatic N) is 3. The van der Waals surface area contributed by atoms with Crippen LogP contribution in [0, 0.1) is 5.82 Å². The molecule has 0 unspecified atom stereocenters. The summed E-state index contributed by atoms with van der Waals surface area (Å²) in [5.41, 5.74) is 1.61. The van der Waals surface area contributed by atoms with Gasteiger partial charge in [-0.05, 0) is 57.9 Å². The number of hydrogen-bond acceptors (Lipinski definition) is 6. The highest BCUT2D eigenvalue weighted by atomic mass is 79.9. The van der Waals surface area contributed by atoms with Gasteiger partial charge in [-0.25, -0.2) is 4.39 Å². The molecular weight excluding hydrogens is 441 g/mol. The van der Waals surface area contributed by atoms with Crippen molar-refractivity contribution in [1.82, 2.24) is 20.6 Å². The minimum Gasteiger partial charge on any atom is -0.490 e. The molecule has 2 aromatic carbocycles. The van der Waals surface area contributed by atoms with Crippen LogP contribution >= 0.6 is 27.5 Å². The zero-order valence-electron chi connectivity index (χ0n) is 14.3. The second kappa shape index (κ2) is 9.01. The molecule has 0 aliphatic heterocycles. The molecule has 27 heavy (non-hydrogen) atoms. The van der Waals surface area contributed by atoms with Gasteiger partial charge in [0.25, 0.3) is 5.95 Å². The number of nitrogens with one attached hydrogen (secondary N) is 2. The second-order valence-electron chi connectivity index (χ2n) is 5.45. The number of rotatable bonds is 8. The van der Waals surface area contributed by atoms with Crippen LogP contribution in [-0.2, 0) is 13.2 Å². The fourth-order valence-electron chi connectivity index (χ4n) is 2.33. The number of aromatic nitrogens is 4. The van der Waals surface area contributed by atoms with E-state index in [1.807, 2.05) is 19.1 Å². The van der Waals surface area contributed by atoms with E-state index in [1.165, 1.54) is 12.1 Å². The number of H-pyrrole nitrogens is 1. The Kier molecular flexibility index (Phi) is 6.46. The summed E-state index contributed by atoms with van der Waals surface area (Å²) >= 11 is 9.58. The van der Waals surface area contributed by atoms with Crippen LogP contribution < -0.4 is 14.8 Å². The summed E-state index contributed by atoms with van der Waals surface area (Å²) in [6, 6.07) is 7.95. The van der Waals surface area contributed by atoms with E-state index in [0.29, 0.717) is 41.2 Å². The van der Waals surface area contributed by atoms with Crippen molar-refractivity contribution in [1.29, 1.82) is 0 Å². The molecule has 0 radical (unpaired) electrons. The van der Waals surface area contributed by atoms with Crippen LogP contribution in [0.2, 0.25) is 5.02 Å². The van der Waals surface area contributed by atoms with E-state index in [9.17, 15) is 4.39 Å². The summed E-state index contributed by atoms with van der Waals surface area (Å²) in [5.74, 6) is 1.13. The van der Waals surface area contributed by atoms with Crippen molar-refractivity contribution < 1.29 is 13.9 Å². The predicted octanol–water partition coefficient (Wildman–Crippen LogP) is 4.34. The lowest BCUT2D eigenvalue weighted by Crippen LogP contribution is -2.05. The van der Waals surface area contributed by atoms with Crippen molar-refractivity contribution in [3.05, 3.63) is 56.8 Å². The lowest BCUT2D eigenvalue weighted by atomic mass is 10.2. The van der Waals surface area contributed by atoms with E-state index < -0.39 is 5.82 Å². The zero-order chi connectivity index (χ0) is 19.2. The van der Waals surface area contributed by atoms with Gasteiger partial charge in [0.2, 0.25) is 0 Å². The first-order chi connectivity index (χ1) is 13.1. The molecule has 0 amide bonds. The molecule has 0 saturated carbocycles. The molecule has 0 saturated heterocycles. The Morgan fingerprint density at radius 3 is 2.81 bits per heavy atom. The van der Waals surface area contributed by atoms with Crippen LogP contribution in [0.1, 0.15) is 18.1 Å². The number of aromatic amines is 1. The van der Waals surface area contributed by atoms with Crippen LogP contribution in [-0.4, -0.2) is 27.2 Å². The number of anilines is 1. The molecule has 0 fully saturated rings. The van der Waals surface area contributed by atoms with Crippen molar-refractivity contribution >= 4 is 33.5 Å². The average Bonchev–Trinajstić information content (AvgIpc) is 3.14. The summed E-state index contributed by atoms with van der Waals surface area (Å²) < 4.78 is 25.5. The molecule has 1 aromatic heterocycles. The highest BCUT2D eigenvalue weighted by molar-refractivity contribution is 9.10. The normalized spacial score (nSPS) is 10.7. The zero-order valence-corrected chi connectivity index (χ0v) is 16.6. The molecule has 0 spiro atoms. The fraction of sp³-hybridized carbons (Fsp3) is 0.235. The minimum atomic E-state index is -0.390. The van der Waals surface area contributed by atoms with Crippen molar-refractivity contribution in [3.8, 4) is 11.5 Å². The maximum atomic E-state index is 13.2. The Morgan fingerprint density at radius 2 is 2.11 bits per heavy atom. The smallest absolute Gasteiger partial charge is 0.263 e. The van der Waals surface area contributed by atoms with Gasteiger partial charge in [-0.3, -0.25) is 0 Å². The van der Waals surface area contributed by atoms with Gasteiger partial charge in [0, 0.05) is 12.1 Å². The summed E-state index contributed by atoms with van der Waals surface area (Å²) in [6.07, 6.45) is 0. The van der Waals surface area contributed by atoms with Crippen LogP contribution in [0.15, 0.2) is 34.8 Å². The first-order valence-corrected chi connectivity index (χ1v) is 9.23. The molecule has 0 aliphatic carbocycles. The van der Waals surface area contributed by atoms with Crippen LogP contribution in [0.5, 0.6) is 11.5 Å². The van der Waals surface area contributed by atoms with Crippen molar-refractivity contribution in [2.75, 3.05) is 11.9 Å². The van der Waals surface area contributed by atoms with Crippen LogP contribution in [0.25, 0.3) is 0 Å². The van der Waals surface area contributed by atoms with E-state index in [4.69, 9.17) is 21.1 Å². The molecule has 0 aliphatic rings. The molecule has 0 bridgehead atoms. The third-order valence-corrected chi connectivity index (χ3v) is 4.49. The molecule has 10 heteroatoms. The van der Waals surface area contributed by atoms with E-state index in [2.05, 4.69) is 41.9 Å². The number of halogens is 3. The maximum Gasteiger partial charge on any atom is 0.263 e. The lowest BCUT2D eigenvalue weighted by molar-refractivity contribution is 0.267. The maximum absolute atomic E-state index is 13.2. The largest absolute Gasteiger partial charge is 0.490 e. The number of tetrazole rings is 1. The average molecular weight is 457 g/mol. The van der Waals surface area contributed by atoms with Gasteiger partial charge in [-0.15, -0.1) is 5.10 Å². The third-order valence-electron chi connectivity index (χ3n) is 3.55. The highest BCUT2D eigenvalue weighted by Crippen LogP contribution is 2.38. The van der Waals surface area contributed by atoms with Gasteiger partial charge < -0.3 is 14.8 Å². The fourth-order valence-corrected chi connectivity index (χ4v) is 3.16. The van der Waals surface area contributed by atoms with E-state index in [1.54, 1.807) is 6.07 Å². The van der Waals surface area contributed by atoms with Gasteiger partial charge in [0.05, 0.1) is 16.1 Å². The second-order valence-corrected chi connectivity index (χ2v) is 6.71. The Hall–Kier alpha value is -2.39. The number of benzene rings is 2. The monoisotopic (exact) mass is 455 g/mol. The summed E-state index contributed by atoms with van der Waals surface area (Å²) in [5, 5.41) is 16.9. The van der Waals surface area contributed by atoms with Crippen molar-refractivity contribution in [2.45, 2.75) is 20.1 Å².